The molecular formula is C22H28N4O. The van der Waals surface area contributed by atoms with Gasteiger partial charge in [0.2, 0.25) is 5.91 Å². The lowest BCUT2D eigenvalue weighted by Crippen LogP contribution is -2.44. The Kier molecular flexibility index (Phi) is 5.39. The predicted octanol–water partition coefficient (Wildman–Crippen LogP) is 2.57. The predicted molar refractivity (Wildman–Crippen MR) is 108 cm³/mol. The van der Waals surface area contributed by atoms with Crippen LogP contribution in [0.4, 0.5) is 5.82 Å². The standard InChI is InChI=1S/C22H28N4O/c1-25-11-13-26(14-12-25)21-10-9-17(15-23-21)16-24-22(27)20-8-4-6-18-5-2-3-7-19(18)20/h2-3,5,7,9-10,15,20H,4,6,8,11-14,16H2,1H3,(H,24,27). The van der Waals surface area contributed by atoms with Gasteiger partial charge in [-0.1, -0.05) is 30.3 Å². The number of aromatic nitrogens is 1. The summed E-state index contributed by atoms with van der Waals surface area (Å²) in [6.07, 6.45) is 4.99. The minimum absolute atomic E-state index is 0.0208. The quantitative estimate of drug-likeness (QED) is 0.906. The van der Waals surface area contributed by atoms with Crippen LogP contribution in [0, 0.1) is 0 Å². The van der Waals surface area contributed by atoms with Crippen LogP contribution in [0.25, 0.3) is 0 Å². The number of rotatable bonds is 4. The number of nitrogens with one attached hydrogen (secondary N) is 1. The fourth-order valence-electron chi connectivity index (χ4n) is 4.08. The Bertz CT molecular complexity index is 781. The highest BCUT2D eigenvalue weighted by molar-refractivity contribution is 5.84. The van der Waals surface area contributed by atoms with Gasteiger partial charge in [-0.15, -0.1) is 0 Å². The number of fused-ring (bicyclic) bond motifs is 1. The van der Waals surface area contributed by atoms with Gasteiger partial charge in [-0.05, 0) is 49.1 Å². The first-order chi connectivity index (χ1) is 13.2. The summed E-state index contributed by atoms with van der Waals surface area (Å²) < 4.78 is 0. The number of anilines is 1. The van der Waals surface area contributed by atoms with Crippen molar-refractivity contribution in [3.05, 3.63) is 59.3 Å². The molecule has 4 rings (SSSR count). The van der Waals surface area contributed by atoms with Crippen molar-refractivity contribution in [2.45, 2.75) is 31.7 Å². The molecule has 1 aromatic heterocycles. The molecule has 5 nitrogen and oxygen atoms in total. The fraction of sp³-hybridized carbons (Fsp3) is 0.455. The monoisotopic (exact) mass is 364 g/mol. The Morgan fingerprint density at radius 2 is 1.96 bits per heavy atom. The van der Waals surface area contributed by atoms with Crippen LogP contribution in [0.2, 0.25) is 0 Å². The van der Waals surface area contributed by atoms with Gasteiger partial charge in [0.1, 0.15) is 5.82 Å². The summed E-state index contributed by atoms with van der Waals surface area (Å²) in [4.78, 5) is 22.0. The van der Waals surface area contributed by atoms with Crippen molar-refractivity contribution in [3.8, 4) is 0 Å². The molecule has 1 saturated heterocycles. The first-order valence-corrected chi connectivity index (χ1v) is 9.94. The molecule has 1 aliphatic carbocycles. The van der Waals surface area contributed by atoms with Crippen LogP contribution in [-0.2, 0) is 17.8 Å². The molecular weight excluding hydrogens is 336 g/mol. The summed E-state index contributed by atoms with van der Waals surface area (Å²) in [5.74, 6) is 1.14. The number of nitrogens with zero attached hydrogens (tertiary/aromatic N) is 3. The maximum atomic E-state index is 12.7. The van der Waals surface area contributed by atoms with Crippen molar-refractivity contribution in [2.24, 2.45) is 0 Å². The van der Waals surface area contributed by atoms with Gasteiger partial charge < -0.3 is 15.1 Å². The van der Waals surface area contributed by atoms with Gasteiger partial charge in [0.25, 0.3) is 0 Å². The Labute approximate surface area is 161 Å². The van der Waals surface area contributed by atoms with Crippen molar-refractivity contribution < 1.29 is 4.79 Å². The molecule has 1 aromatic carbocycles. The van der Waals surface area contributed by atoms with Crippen molar-refractivity contribution in [3.63, 3.8) is 0 Å². The third-order valence-corrected chi connectivity index (χ3v) is 5.79. The zero-order valence-corrected chi connectivity index (χ0v) is 16.0. The molecule has 2 aliphatic rings. The Balaban J connectivity index is 1.34. The molecule has 5 heteroatoms. The Hall–Kier alpha value is -2.40. The van der Waals surface area contributed by atoms with Gasteiger partial charge in [0.05, 0.1) is 5.92 Å². The van der Waals surface area contributed by atoms with Gasteiger partial charge in [0.15, 0.2) is 0 Å². The van der Waals surface area contributed by atoms with Gasteiger partial charge in [-0.2, -0.15) is 0 Å². The number of hydrogen-bond acceptors (Lipinski definition) is 4. The van der Waals surface area contributed by atoms with E-state index in [1.165, 1.54) is 11.1 Å². The second-order valence-corrected chi connectivity index (χ2v) is 7.68. The number of pyridine rings is 1. The lowest BCUT2D eigenvalue weighted by atomic mass is 9.82. The second kappa shape index (κ2) is 8.09. The van der Waals surface area contributed by atoms with Crippen molar-refractivity contribution >= 4 is 11.7 Å². The average molecular weight is 364 g/mol. The summed E-state index contributed by atoms with van der Waals surface area (Å²) in [5.41, 5.74) is 3.57. The molecule has 2 heterocycles. The summed E-state index contributed by atoms with van der Waals surface area (Å²) in [7, 11) is 2.15. The molecule has 0 radical (unpaired) electrons. The smallest absolute Gasteiger partial charge is 0.227 e. The van der Waals surface area contributed by atoms with Crippen LogP contribution >= 0.6 is 0 Å². The van der Waals surface area contributed by atoms with Crippen molar-refractivity contribution in [2.75, 3.05) is 38.1 Å². The van der Waals surface area contributed by atoms with E-state index in [0.717, 1.165) is 56.8 Å². The Morgan fingerprint density at radius 3 is 2.74 bits per heavy atom. The number of aryl methyl sites for hydroxylation is 1. The van der Waals surface area contributed by atoms with Gasteiger partial charge in [-0.3, -0.25) is 4.79 Å². The van der Waals surface area contributed by atoms with Crippen LogP contribution in [-0.4, -0.2) is 49.0 Å². The normalized spacial score (nSPS) is 20.2. The maximum absolute atomic E-state index is 12.7. The van der Waals surface area contributed by atoms with E-state index in [2.05, 4.69) is 57.5 Å². The molecule has 0 saturated carbocycles. The van der Waals surface area contributed by atoms with Crippen LogP contribution in [0.1, 0.15) is 35.4 Å². The van der Waals surface area contributed by atoms with E-state index in [-0.39, 0.29) is 11.8 Å². The third-order valence-electron chi connectivity index (χ3n) is 5.79. The summed E-state index contributed by atoms with van der Waals surface area (Å²) >= 11 is 0. The molecule has 1 amide bonds. The zero-order valence-electron chi connectivity index (χ0n) is 16.0. The topological polar surface area (TPSA) is 48.5 Å². The van der Waals surface area contributed by atoms with Gasteiger partial charge in [-0.25, -0.2) is 4.98 Å². The molecule has 1 fully saturated rings. The number of amides is 1. The lowest BCUT2D eigenvalue weighted by molar-refractivity contribution is -0.123. The SMILES string of the molecule is CN1CCN(c2ccc(CNC(=O)C3CCCc4ccccc43)cn2)CC1. The fourth-order valence-corrected chi connectivity index (χ4v) is 4.08. The number of benzene rings is 1. The number of hydrogen-bond donors (Lipinski definition) is 1. The van der Waals surface area contributed by atoms with E-state index in [9.17, 15) is 4.79 Å². The van der Waals surface area contributed by atoms with Gasteiger partial charge in [0, 0.05) is 38.9 Å². The second-order valence-electron chi connectivity index (χ2n) is 7.68. The molecule has 1 aliphatic heterocycles. The van der Waals surface area contributed by atoms with E-state index in [0.29, 0.717) is 6.54 Å². The minimum atomic E-state index is -0.0208. The minimum Gasteiger partial charge on any atom is -0.354 e. The summed E-state index contributed by atoms with van der Waals surface area (Å²) in [6.45, 7) is 4.71. The molecule has 1 atom stereocenters. The molecule has 1 unspecified atom stereocenters. The number of carbonyl (C=O) groups is 1. The average Bonchev–Trinajstić information content (AvgIpc) is 2.72. The molecule has 0 spiro atoms. The molecule has 27 heavy (non-hydrogen) atoms. The van der Waals surface area contributed by atoms with Crippen LogP contribution < -0.4 is 10.2 Å². The van der Waals surface area contributed by atoms with E-state index in [4.69, 9.17) is 0 Å². The zero-order chi connectivity index (χ0) is 18.6. The Morgan fingerprint density at radius 1 is 1.15 bits per heavy atom. The molecule has 0 bridgehead atoms. The van der Waals surface area contributed by atoms with Gasteiger partial charge >= 0.3 is 0 Å². The number of likely N-dealkylation sites (N-methyl/N-ethyl adjacent to an activating group) is 1. The highest BCUT2D eigenvalue weighted by atomic mass is 16.1. The maximum Gasteiger partial charge on any atom is 0.227 e. The summed E-state index contributed by atoms with van der Waals surface area (Å²) in [6, 6.07) is 12.5. The molecule has 1 N–H and O–H groups in total. The number of carbonyl (C=O) groups excluding carboxylic acids is 1. The third kappa shape index (κ3) is 4.14. The van der Waals surface area contributed by atoms with Crippen LogP contribution in [0.15, 0.2) is 42.6 Å². The largest absolute Gasteiger partial charge is 0.354 e. The van der Waals surface area contributed by atoms with Crippen molar-refractivity contribution in [1.29, 1.82) is 0 Å². The highest BCUT2D eigenvalue weighted by Gasteiger charge is 2.25. The van der Waals surface area contributed by atoms with E-state index >= 15 is 0 Å². The first kappa shape index (κ1) is 18.0. The summed E-state index contributed by atoms with van der Waals surface area (Å²) in [5, 5.41) is 3.12. The van der Waals surface area contributed by atoms with Crippen LogP contribution in [0.5, 0.6) is 0 Å². The van der Waals surface area contributed by atoms with E-state index < -0.39 is 0 Å². The van der Waals surface area contributed by atoms with E-state index in [1.54, 1.807) is 0 Å². The van der Waals surface area contributed by atoms with Crippen molar-refractivity contribution in [1.82, 2.24) is 15.2 Å². The number of piperazine rings is 1. The molecule has 2 aromatic rings. The van der Waals surface area contributed by atoms with E-state index in [1.807, 2.05) is 12.3 Å². The van der Waals surface area contributed by atoms with Crippen LogP contribution in [0.3, 0.4) is 0 Å². The highest BCUT2D eigenvalue weighted by Crippen LogP contribution is 2.31. The first-order valence-electron chi connectivity index (χ1n) is 9.94. The molecule has 142 valence electrons. The lowest BCUT2D eigenvalue weighted by Gasteiger charge is -2.33.